The third kappa shape index (κ3) is 3.84. The highest BCUT2D eigenvalue weighted by molar-refractivity contribution is 6.35. The first-order valence-electron chi connectivity index (χ1n) is 7.58. The van der Waals surface area contributed by atoms with Crippen LogP contribution in [-0.4, -0.2) is 18.1 Å². The highest BCUT2D eigenvalue weighted by atomic mass is 35.5. The molecule has 0 amide bonds. The molecule has 24 heavy (non-hydrogen) atoms. The summed E-state index contributed by atoms with van der Waals surface area (Å²) < 4.78 is 10.5. The summed E-state index contributed by atoms with van der Waals surface area (Å²) in [5.41, 5.74) is 0.983. The maximum atomic E-state index is 12.2. The van der Waals surface area contributed by atoms with Gasteiger partial charge in [-0.25, -0.2) is 4.79 Å². The van der Waals surface area contributed by atoms with Crippen LogP contribution in [0.15, 0.2) is 54.7 Å². The van der Waals surface area contributed by atoms with Crippen molar-refractivity contribution in [3.63, 3.8) is 0 Å². The SMILES string of the molecule is CC.COc1ccc(C(=O)Oc2ccc(Cl)c3cccnc23)cc1. The number of benzene rings is 2. The number of hydrogen-bond donors (Lipinski definition) is 0. The average molecular weight is 344 g/mol. The first kappa shape index (κ1) is 17.8. The summed E-state index contributed by atoms with van der Waals surface area (Å²) in [6.45, 7) is 4.00. The Morgan fingerprint density at radius 2 is 1.75 bits per heavy atom. The third-order valence-corrected chi connectivity index (χ3v) is 3.54. The first-order valence-corrected chi connectivity index (χ1v) is 7.96. The number of aromatic nitrogens is 1. The fourth-order valence-corrected chi connectivity index (χ4v) is 2.30. The van der Waals surface area contributed by atoms with E-state index in [1.807, 2.05) is 19.9 Å². The van der Waals surface area contributed by atoms with E-state index in [2.05, 4.69) is 4.98 Å². The van der Waals surface area contributed by atoms with E-state index in [4.69, 9.17) is 21.1 Å². The molecular formula is C19H18ClNO3. The Bertz CT molecular complexity index is 832. The normalized spacial score (nSPS) is 9.83. The Morgan fingerprint density at radius 1 is 1.04 bits per heavy atom. The van der Waals surface area contributed by atoms with E-state index in [-0.39, 0.29) is 0 Å². The molecule has 0 aliphatic rings. The zero-order valence-corrected chi connectivity index (χ0v) is 14.5. The summed E-state index contributed by atoms with van der Waals surface area (Å²) in [5, 5.41) is 1.30. The van der Waals surface area contributed by atoms with Crippen molar-refractivity contribution >= 4 is 28.5 Å². The van der Waals surface area contributed by atoms with Gasteiger partial charge in [0.15, 0.2) is 5.75 Å². The van der Waals surface area contributed by atoms with Crippen molar-refractivity contribution in [2.45, 2.75) is 13.8 Å². The van der Waals surface area contributed by atoms with E-state index < -0.39 is 5.97 Å². The van der Waals surface area contributed by atoms with Crippen molar-refractivity contribution in [2.75, 3.05) is 7.11 Å². The van der Waals surface area contributed by atoms with Gasteiger partial charge in [0.2, 0.25) is 0 Å². The van der Waals surface area contributed by atoms with Gasteiger partial charge in [0, 0.05) is 11.6 Å². The Balaban J connectivity index is 0.00000100. The molecule has 1 heterocycles. The molecule has 0 radical (unpaired) electrons. The molecular weight excluding hydrogens is 326 g/mol. The first-order chi connectivity index (χ1) is 11.7. The van der Waals surface area contributed by atoms with Gasteiger partial charge in [-0.2, -0.15) is 0 Å². The van der Waals surface area contributed by atoms with E-state index in [0.717, 1.165) is 5.39 Å². The molecule has 0 unspecified atom stereocenters. The second kappa shape index (κ2) is 8.31. The standard InChI is InChI=1S/C17H12ClNO3.C2H6/c1-21-12-6-4-11(5-7-12)17(20)22-15-9-8-14(18)13-3-2-10-19-16(13)15;1-2/h2-10H,1H3;1-2H3. The smallest absolute Gasteiger partial charge is 0.343 e. The number of nitrogens with zero attached hydrogens (tertiary/aromatic N) is 1. The third-order valence-electron chi connectivity index (χ3n) is 3.21. The van der Waals surface area contributed by atoms with Crippen LogP contribution in [0.5, 0.6) is 11.5 Å². The molecule has 0 fully saturated rings. The number of halogens is 1. The number of rotatable bonds is 3. The van der Waals surface area contributed by atoms with Gasteiger partial charge in [0.05, 0.1) is 17.7 Å². The van der Waals surface area contributed by atoms with Crippen molar-refractivity contribution in [3.8, 4) is 11.5 Å². The molecule has 0 aliphatic heterocycles. The van der Waals surface area contributed by atoms with Crippen LogP contribution in [0.25, 0.3) is 10.9 Å². The Hall–Kier alpha value is -2.59. The lowest BCUT2D eigenvalue weighted by Crippen LogP contribution is -2.08. The minimum absolute atomic E-state index is 0.376. The summed E-state index contributed by atoms with van der Waals surface area (Å²) in [5.74, 6) is 0.591. The number of fused-ring (bicyclic) bond motifs is 1. The summed E-state index contributed by atoms with van der Waals surface area (Å²) in [4.78, 5) is 16.5. The van der Waals surface area contributed by atoms with Gasteiger partial charge in [-0.3, -0.25) is 4.98 Å². The van der Waals surface area contributed by atoms with Crippen molar-refractivity contribution in [3.05, 3.63) is 65.3 Å². The molecule has 1 aromatic heterocycles. The predicted molar refractivity (Wildman–Crippen MR) is 96.1 cm³/mol. The molecule has 0 aliphatic carbocycles. The van der Waals surface area contributed by atoms with Gasteiger partial charge in [-0.1, -0.05) is 25.4 Å². The number of pyridine rings is 1. The van der Waals surface area contributed by atoms with Crippen LogP contribution in [0.3, 0.4) is 0 Å². The molecule has 4 nitrogen and oxygen atoms in total. The van der Waals surface area contributed by atoms with Gasteiger partial charge in [-0.15, -0.1) is 0 Å². The molecule has 124 valence electrons. The quantitative estimate of drug-likeness (QED) is 0.488. The summed E-state index contributed by atoms with van der Waals surface area (Å²) in [6.07, 6.45) is 1.63. The van der Waals surface area contributed by atoms with Gasteiger partial charge >= 0.3 is 5.97 Å². The molecule has 0 saturated carbocycles. The number of esters is 1. The van der Waals surface area contributed by atoms with Crippen LogP contribution in [-0.2, 0) is 0 Å². The molecule has 5 heteroatoms. The van der Waals surface area contributed by atoms with Gasteiger partial charge in [0.25, 0.3) is 0 Å². The fourth-order valence-electron chi connectivity index (χ4n) is 2.08. The monoisotopic (exact) mass is 343 g/mol. The van der Waals surface area contributed by atoms with Crippen LogP contribution in [0.1, 0.15) is 24.2 Å². The number of hydrogen-bond acceptors (Lipinski definition) is 4. The van der Waals surface area contributed by atoms with Crippen LogP contribution >= 0.6 is 11.6 Å². The van der Waals surface area contributed by atoms with E-state index in [1.54, 1.807) is 55.8 Å². The van der Waals surface area contributed by atoms with E-state index in [1.165, 1.54) is 0 Å². The summed E-state index contributed by atoms with van der Waals surface area (Å²) in [7, 11) is 1.57. The van der Waals surface area contributed by atoms with Crippen molar-refractivity contribution < 1.29 is 14.3 Å². The summed E-state index contributed by atoms with van der Waals surface area (Å²) >= 11 is 6.12. The van der Waals surface area contributed by atoms with Crippen molar-refractivity contribution in [1.82, 2.24) is 4.98 Å². The van der Waals surface area contributed by atoms with Crippen LogP contribution in [0.2, 0.25) is 5.02 Å². The molecule has 3 aromatic rings. The summed E-state index contributed by atoms with van der Waals surface area (Å²) in [6, 6.07) is 13.6. The van der Waals surface area contributed by atoms with Gasteiger partial charge < -0.3 is 9.47 Å². The lowest BCUT2D eigenvalue weighted by atomic mass is 10.2. The molecule has 2 aromatic carbocycles. The molecule has 0 saturated heterocycles. The minimum atomic E-state index is -0.461. The Labute approximate surface area is 146 Å². The lowest BCUT2D eigenvalue weighted by Gasteiger charge is -2.08. The fraction of sp³-hybridized carbons (Fsp3) is 0.158. The number of carbonyl (C=O) groups is 1. The predicted octanol–water partition coefficient (Wildman–Crippen LogP) is 5.14. The van der Waals surface area contributed by atoms with E-state index >= 15 is 0 Å². The van der Waals surface area contributed by atoms with Crippen LogP contribution in [0.4, 0.5) is 0 Å². The highest BCUT2D eigenvalue weighted by Crippen LogP contribution is 2.30. The number of ether oxygens (including phenoxy) is 2. The molecule has 0 N–H and O–H groups in total. The molecule has 0 spiro atoms. The lowest BCUT2D eigenvalue weighted by molar-refractivity contribution is 0.0736. The topological polar surface area (TPSA) is 48.4 Å². The zero-order valence-electron chi connectivity index (χ0n) is 13.7. The van der Waals surface area contributed by atoms with E-state index in [0.29, 0.717) is 27.6 Å². The Morgan fingerprint density at radius 3 is 2.42 bits per heavy atom. The zero-order chi connectivity index (χ0) is 17.5. The average Bonchev–Trinajstić information content (AvgIpc) is 2.66. The molecule has 0 atom stereocenters. The molecule has 3 rings (SSSR count). The van der Waals surface area contributed by atoms with Crippen molar-refractivity contribution in [1.29, 1.82) is 0 Å². The van der Waals surface area contributed by atoms with E-state index in [9.17, 15) is 4.79 Å². The largest absolute Gasteiger partial charge is 0.497 e. The maximum absolute atomic E-state index is 12.2. The minimum Gasteiger partial charge on any atom is -0.497 e. The second-order valence-corrected chi connectivity index (χ2v) is 4.97. The van der Waals surface area contributed by atoms with Crippen LogP contribution in [0, 0.1) is 0 Å². The molecule has 0 bridgehead atoms. The maximum Gasteiger partial charge on any atom is 0.343 e. The van der Waals surface area contributed by atoms with Gasteiger partial charge in [-0.05, 0) is 48.5 Å². The number of carbonyl (C=O) groups excluding carboxylic acids is 1. The highest BCUT2D eigenvalue weighted by Gasteiger charge is 2.13. The van der Waals surface area contributed by atoms with Crippen molar-refractivity contribution in [2.24, 2.45) is 0 Å². The van der Waals surface area contributed by atoms with Gasteiger partial charge in [0.1, 0.15) is 11.3 Å². The number of methoxy groups -OCH3 is 1. The Kier molecular flexibility index (Phi) is 6.15. The van der Waals surface area contributed by atoms with Crippen LogP contribution < -0.4 is 9.47 Å². The second-order valence-electron chi connectivity index (χ2n) is 4.56.